The molecule has 0 saturated heterocycles. The lowest BCUT2D eigenvalue weighted by Gasteiger charge is -2.25. The van der Waals surface area contributed by atoms with Crippen LogP contribution in [-0.4, -0.2) is 54.3 Å². The van der Waals surface area contributed by atoms with Crippen molar-refractivity contribution in [2.24, 2.45) is 0 Å². The average Bonchev–Trinajstić information content (AvgIpc) is 3.20. The number of fused-ring (bicyclic) bond motifs is 1. The molecule has 1 aromatic carbocycles. The fourth-order valence-electron chi connectivity index (χ4n) is 3.13. The first-order valence-corrected chi connectivity index (χ1v) is 11.5. The fraction of sp³-hybridized carbons (Fsp3) is 0.263. The normalized spacial score (nSPS) is 14.0. The molecule has 0 atom stereocenters. The number of hydrogen-bond donors (Lipinski definition) is 1. The summed E-state index contributed by atoms with van der Waals surface area (Å²) in [5, 5.41) is 3.09. The van der Waals surface area contributed by atoms with Gasteiger partial charge in [0.25, 0.3) is 5.91 Å². The van der Waals surface area contributed by atoms with Gasteiger partial charge in [-0.25, -0.2) is 18.4 Å². The highest BCUT2D eigenvalue weighted by atomic mass is 32.2. The second-order valence-electron chi connectivity index (χ2n) is 6.54. The monoisotopic (exact) mass is 461 g/mol. The zero-order valence-corrected chi connectivity index (χ0v) is 18.4. The van der Waals surface area contributed by atoms with Gasteiger partial charge >= 0.3 is 0 Å². The lowest BCUT2D eigenvalue weighted by atomic mass is 10.2. The van der Waals surface area contributed by atoms with Crippen LogP contribution in [-0.2, 0) is 23.0 Å². The largest absolute Gasteiger partial charge is 0.493 e. The number of nitrogens with zero attached hydrogens (tertiary/aromatic N) is 4. The van der Waals surface area contributed by atoms with Crippen LogP contribution in [0.25, 0.3) is 0 Å². The van der Waals surface area contributed by atoms with Crippen molar-refractivity contribution in [3.05, 3.63) is 53.1 Å². The van der Waals surface area contributed by atoms with Gasteiger partial charge in [-0.05, 0) is 12.1 Å². The highest BCUT2D eigenvalue weighted by molar-refractivity contribution is 7.89. The number of sulfonamides is 1. The lowest BCUT2D eigenvalue weighted by molar-refractivity contribution is 0.102. The zero-order chi connectivity index (χ0) is 22.0. The molecule has 12 heteroatoms. The van der Waals surface area contributed by atoms with Gasteiger partial charge in [0.15, 0.2) is 16.6 Å². The highest BCUT2D eigenvalue weighted by Gasteiger charge is 2.31. The molecule has 1 N–H and O–H groups in total. The molecular formula is C19H19N5O5S2. The third-order valence-corrected chi connectivity index (χ3v) is 7.54. The summed E-state index contributed by atoms with van der Waals surface area (Å²) in [6.07, 6.45) is 4.71. The van der Waals surface area contributed by atoms with E-state index in [-0.39, 0.29) is 23.7 Å². The highest BCUT2D eigenvalue weighted by Crippen LogP contribution is 2.34. The number of thiazole rings is 1. The van der Waals surface area contributed by atoms with Gasteiger partial charge in [0.1, 0.15) is 5.69 Å². The second-order valence-corrected chi connectivity index (χ2v) is 9.56. The molecule has 2 aromatic heterocycles. The molecule has 0 saturated carbocycles. The smallest absolute Gasteiger partial charge is 0.277 e. The molecule has 0 radical (unpaired) electrons. The molecule has 4 rings (SSSR count). The molecule has 1 aliphatic heterocycles. The Balaban J connectivity index is 1.53. The van der Waals surface area contributed by atoms with Crippen molar-refractivity contribution < 1.29 is 22.7 Å². The zero-order valence-electron chi connectivity index (χ0n) is 16.7. The van der Waals surface area contributed by atoms with E-state index in [0.29, 0.717) is 23.1 Å². The van der Waals surface area contributed by atoms with Gasteiger partial charge in [-0.2, -0.15) is 4.31 Å². The average molecular weight is 462 g/mol. The summed E-state index contributed by atoms with van der Waals surface area (Å²) in [6.45, 7) is 0.454. The van der Waals surface area contributed by atoms with Crippen LogP contribution in [0.2, 0.25) is 0 Å². The Morgan fingerprint density at radius 3 is 2.71 bits per heavy atom. The molecule has 10 nitrogen and oxygen atoms in total. The number of rotatable bonds is 6. The molecule has 1 amide bonds. The number of anilines is 1. The van der Waals surface area contributed by atoms with E-state index in [0.717, 1.165) is 10.6 Å². The fourth-order valence-corrected chi connectivity index (χ4v) is 5.66. The number of carbonyl (C=O) groups is 1. The quantitative estimate of drug-likeness (QED) is 0.591. The van der Waals surface area contributed by atoms with Crippen LogP contribution in [0.5, 0.6) is 11.5 Å². The van der Waals surface area contributed by atoms with Crippen molar-refractivity contribution in [2.45, 2.75) is 17.9 Å². The number of aromatic nitrogens is 3. The SMILES string of the molecule is COc1ccc(S(=O)(=O)N2CCc3nc(NC(=O)c4cnccn4)sc3C2)cc1OC. The molecule has 0 unspecified atom stereocenters. The van der Waals surface area contributed by atoms with E-state index in [1.807, 2.05) is 0 Å². The van der Waals surface area contributed by atoms with Crippen molar-refractivity contribution in [3.8, 4) is 11.5 Å². The van der Waals surface area contributed by atoms with Crippen molar-refractivity contribution in [1.82, 2.24) is 19.3 Å². The first-order chi connectivity index (χ1) is 14.9. The minimum absolute atomic E-state index is 0.120. The Morgan fingerprint density at radius 1 is 1.19 bits per heavy atom. The molecule has 0 spiro atoms. The van der Waals surface area contributed by atoms with Gasteiger partial charge < -0.3 is 9.47 Å². The number of ether oxygens (including phenoxy) is 2. The first kappa shape index (κ1) is 21.2. The molecule has 1 aliphatic rings. The lowest BCUT2D eigenvalue weighted by Crippen LogP contribution is -2.35. The molecular weight excluding hydrogens is 442 g/mol. The maximum absolute atomic E-state index is 13.2. The van der Waals surface area contributed by atoms with Crippen LogP contribution < -0.4 is 14.8 Å². The van der Waals surface area contributed by atoms with E-state index in [9.17, 15) is 13.2 Å². The second kappa shape index (κ2) is 8.57. The Labute approximate surface area is 182 Å². The number of hydrogen-bond acceptors (Lipinski definition) is 9. The van der Waals surface area contributed by atoms with E-state index < -0.39 is 15.9 Å². The number of benzene rings is 1. The van der Waals surface area contributed by atoms with Crippen LogP contribution in [0.1, 0.15) is 21.1 Å². The van der Waals surface area contributed by atoms with Crippen molar-refractivity contribution in [2.75, 3.05) is 26.1 Å². The van der Waals surface area contributed by atoms with Gasteiger partial charge in [0.05, 0.1) is 37.6 Å². The maximum Gasteiger partial charge on any atom is 0.277 e. The Bertz CT molecular complexity index is 1210. The molecule has 31 heavy (non-hydrogen) atoms. The summed E-state index contributed by atoms with van der Waals surface area (Å²) in [4.78, 5) is 25.4. The number of methoxy groups -OCH3 is 2. The minimum atomic E-state index is -3.75. The Morgan fingerprint density at radius 2 is 2.00 bits per heavy atom. The van der Waals surface area contributed by atoms with Crippen LogP contribution in [0.3, 0.4) is 0 Å². The molecule has 162 valence electrons. The van der Waals surface area contributed by atoms with Gasteiger partial charge in [0, 0.05) is 36.3 Å². The van der Waals surface area contributed by atoms with Gasteiger partial charge in [-0.3, -0.25) is 15.1 Å². The van der Waals surface area contributed by atoms with Crippen LogP contribution >= 0.6 is 11.3 Å². The Kier molecular flexibility index (Phi) is 5.85. The van der Waals surface area contributed by atoms with E-state index in [1.165, 1.54) is 60.6 Å². The van der Waals surface area contributed by atoms with Crippen molar-refractivity contribution >= 4 is 32.4 Å². The maximum atomic E-state index is 13.2. The van der Waals surface area contributed by atoms with E-state index in [2.05, 4.69) is 20.3 Å². The van der Waals surface area contributed by atoms with Crippen LogP contribution in [0, 0.1) is 0 Å². The summed E-state index contributed by atoms with van der Waals surface area (Å²) in [5.41, 5.74) is 0.950. The van der Waals surface area contributed by atoms with Gasteiger partial charge in [-0.1, -0.05) is 0 Å². The Hall–Kier alpha value is -3.09. The predicted octanol–water partition coefficient (Wildman–Crippen LogP) is 1.95. The first-order valence-electron chi connectivity index (χ1n) is 9.20. The molecule has 3 heterocycles. The predicted molar refractivity (Wildman–Crippen MR) is 113 cm³/mol. The van der Waals surface area contributed by atoms with Crippen molar-refractivity contribution in [3.63, 3.8) is 0 Å². The third-order valence-electron chi connectivity index (χ3n) is 4.71. The number of nitrogens with one attached hydrogen (secondary N) is 1. The molecule has 0 fully saturated rings. The van der Waals surface area contributed by atoms with Crippen molar-refractivity contribution in [1.29, 1.82) is 0 Å². The third kappa shape index (κ3) is 4.22. The van der Waals surface area contributed by atoms with E-state index in [4.69, 9.17) is 9.47 Å². The summed E-state index contributed by atoms with van der Waals surface area (Å²) >= 11 is 1.25. The summed E-state index contributed by atoms with van der Waals surface area (Å²) < 4.78 is 38.1. The van der Waals surface area contributed by atoms with Gasteiger partial charge in [-0.15, -0.1) is 11.3 Å². The summed E-state index contributed by atoms with van der Waals surface area (Å²) in [7, 11) is -0.805. The molecule has 0 aliphatic carbocycles. The number of amides is 1. The molecule has 3 aromatic rings. The standard InChI is InChI=1S/C19H19N5O5S2/c1-28-15-4-3-12(9-16(15)29-2)31(26,27)24-8-5-13-17(11-24)30-19(22-13)23-18(25)14-10-20-6-7-21-14/h3-4,6-7,9-10H,5,8,11H2,1-2H3,(H,22,23,25). The summed E-state index contributed by atoms with van der Waals surface area (Å²) in [5.74, 6) is 0.371. The van der Waals surface area contributed by atoms with E-state index in [1.54, 1.807) is 6.07 Å². The minimum Gasteiger partial charge on any atom is -0.493 e. The van der Waals surface area contributed by atoms with Gasteiger partial charge in [0.2, 0.25) is 10.0 Å². The summed E-state index contributed by atoms with van der Waals surface area (Å²) in [6, 6.07) is 4.50. The van der Waals surface area contributed by atoms with Crippen LogP contribution in [0.4, 0.5) is 5.13 Å². The topological polar surface area (TPSA) is 124 Å². The molecule has 0 bridgehead atoms. The van der Waals surface area contributed by atoms with Crippen LogP contribution in [0.15, 0.2) is 41.7 Å². The van der Waals surface area contributed by atoms with E-state index >= 15 is 0 Å². The number of carbonyl (C=O) groups excluding carboxylic acids is 1.